The van der Waals surface area contributed by atoms with Gasteiger partial charge in [-0.3, -0.25) is 0 Å². The summed E-state index contributed by atoms with van der Waals surface area (Å²) in [5.74, 6) is 1.98. The molecule has 0 saturated heterocycles. The van der Waals surface area contributed by atoms with E-state index in [2.05, 4.69) is 19.2 Å². The summed E-state index contributed by atoms with van der Waals surface area (Å²) < 4.78 is 11.1. The lowest BCUT2D eigenvalue weighted by atomic mass is 10.1. The molecule has 112 valence electrons. The van der Waals surface area contributed by atoms with Crippen LogP contribution in [-0.2, 0) is 6.54 Å². The summed E-state index contributed by atoms with van der Waals surface area (Å²) in [6.45, 7) is 6.22. The summed E-state index contributed by atoms with van der Waals surface area (Å²) in [7, 11) is 1.62. The van der Waals surface area contributed by atoms with Crippen LogP contribution in [0.4, 0.5) is 0 Å². The predicted octanol–water partition coefficient (Wildman–Crippen LogP) is 4.14. The lowest BCUT2D eigenvalue weighted by Crippen LogP contribution is -2.19. The number of ether oxygens (including phenoxy) is 2. The second-order valence-corrected chi connectivity index (χ2v) is 5.52. The molecule has 3 nitrogen and oxygen atoms in total. The van der Waals surface area contributed by atoms with Crippen LogP contribution in [0, 0.1) is 5.92 Å². The van der Waals surface area contributed by atoms with E-state index in [1.54, 1.807) is 7.11 Å². The highest BCUT2D eigenvalue weighted by atomic mass is 35.5. The van der Waals surface area contributed by atoms with Gasteiger partial charge in [-0.1, -0.05) is 49.2 Å². The quantitative estimate of drug-likeness (QED) is 0.781. The summed E-state index contributed by atoms with van der Waals surface area (Å²) in [4.78, 5) is 0. The molecule has 0 fully saturated rings. The Morgan fingerprint density at radius 1 is 1.40 bits per heavy atom. The molecule has 1 rings (SSSR count). The number of para-hydroxylation sites is 1. The Morgan fingerprint density at radius 2 is 2.15 bits per heavy atom. The third-order valence-electron chi connectivity index (χ3n) is 2.62. The van der Waals surface area contributed by atoms with Crippen LogP contribution in [-0.4, -0.2) is 20.3 Å². The van der Waals surface area contributed by atoms with Crippen molar-refractivity contribution in [3.63, 3.8) is 0 Å². The van der Waals surface area contributed by atoms with Crippen molar-refractivity contribution in [2.24, 2.45) is 5.92 Å². The number of rotatable bonds is 8. The van der Waals surface area contributed by atoms with Crippen LogP contribution in [0.1, 0.15) is 19.4 Å². The molecule has 0 radical (unpaired) electrons. The van der Waals surface area contributed by atoms with Crippen LogP contribution in [0.15, 0.2) is 28.8 Å². The fraction of sp³-hybridized carbons (Fsp3) is 0.467. The highest BCUT2D eigenvalue weighted by Gasteiger charge is 2.11. The molecule has 0 bridgehead atoms. The highest BCUT2D eigenvalue weighted by molar-refractivity contribution is 6.36. The van der Waals surface area contributed by atoms with Gasteiger partial charge in [0.25, 0.3) is 0 Å². The van der Waals surface area contributed by atoms with Crippen molar-refractivity contribution in [2.45, 2.75) is 20.4 Å². The van der Waals surface area contributed by atoms with Crippen LogP contribution >= 0.6 is 23.2 Å². The third-order valence-corrected chi connectivity index (χ3v) is 3.21. The van der Waals surface area contributed by atoms with Crippen LogP contribution in [0.5, 0.6) is 11.5 Å². The maximum absolute atomic E-state index is 5.86. The summed E-state index contributed by atoms with van der Waals surface area (Å²) >= 11 is 11.4. The van der Waals surface area contributed by atoms with Gasteiger partial charge < -0.3 is 14.8 Å². The van der Waals surface area contributed by atoms with Gasteiger partial charge in [-0.25, -0.2) is 0 Å². The van der Waals surface area contributed by atoms with Gasteiger partial charge in [-0.15, -0.1) is 0 Å². The van der Waals surface area contributed by atoms with Gasteiger partial charge in [-0.2, -0.15) is 0 Å². The molecule has 0 heterocycles. The first kappa shape index (κ1) is 17.2. The Morgan fingerprint density at radius 3 is 2.75 bits per heavy atom. The number of benzene rings is 1. The number of hydrogen-bond donors (Lipinski definition) is 1. The Bertz CT molecular complexity index is 447. The average molecular weight is 318 g/mol. The molecule has 0 aliphatic rings. The number of halogens is 2. The van der Waals surface area contributed by atoms with Gasteiger partial charge in [0.05, 0.1) is 12.1 Å². The molecule has 0 aliphatic heterocycles. The van der Waals surface area contributed by atoms with Crippen molar-refractivity contribution in [3.8, 4) is 11.5 Å². The fourth-order valence-electron chi connectivity index (χ4n) is 1.69. The van der Waals surface area contributed by atoms with E-state index in [4.69, 9.17) is 32.7 Å². The third kappa shape index (κ3) is 5.61. The Hall–Kier alpha value is -0.900. The molecule has 20 heavy (non-hydrogen) atoms. The number of hydrogen-bond acceptors (Lipinski definition) is 3. The van der Waals surface area contributed by atoms with E-state index in [1.807, 2.05) is 18.2 Å². The van der Waals surface area contributed by atoms with Gasteiger partial charge in [0.1, 0.15) is 6.61 Å². The maximum Gasteiger partial charge on any atom is 0.166 e. The van der Waals surface area contributed by atoms with Crippen molar-refractivity contribution < 1.29 is 9.47 Å². The van der Waals surface area contributed by atoms with Gasteiger partial charge in [0, 0.05) is 17.6 Å². The fourth-order valence-corrected chi connectivity index (χ4v) is 1.81. The molecule has 1 N–H and O–H groups in total. The van der Waals surface area contributed by atoms with Crippen molar-refractivity contribution in [1.29, 1.82) is 0 Å². The smallest absolute Gasteiger partial charge is 0.166 e. The van der Waals surface area contributed by atoms with Crippen LogP contribution < -0.4 is 14.8 Å². The predicted molar refractivity (Wildman–Crippen MR) is 84.8 cm³/mol. The van der Waals surface area contributed by atoms with Crippen molar-refractivity contribution in [1.82, 2.24) is 5.32 Å². The molecule has 0 spiro atoms. The zero-order valence-corrected chi connectivity index (χ0v) is 13.6. The minimum atomic E-state index is 0.225. The number of nitrogens with one attached hydrogen (secondary N) is 1. The largest absolute Gasteiger partial charge is 0.493 e. The van der Waals surface area contributed by atoms with Crippen molar-refractivity contribution in [3.05, 3.63) is 34.3 Å². The summed E-state index contributed by atoms with van der Waals surface area (Å²) in [6.07, 6.45) is 0. The molecule has 0 aliphatic carbocycles. The van der Waals surface area contributed by atoms with E-state index in [9.17, 15) is 0 Å². The van der Waals surface area contributed by atoms with Gasteiger partial charge in [-0.05, 0) is 18.5 Å². The van der Waals surface area contributed by atoms with E-state index in [0.29, 0.717) is 29.0 Å². The minimum Gasteiger partial charge on any atom is -0.493 e. The SMILES string of the molecule is COc1cccc(CNCC(C)C)c1OCC(Cl)=CCl. The zero-order valence-electron chi connectivity index (χ0n) is 12.1. The molecule has 0 atom stereocenters. The monoisotopic (exact) mass is 317 g/mol. The summed E-state index contributed by atoms with van der Waals surface area (Å²) in [5.41, 5.74) is 2.33. The van der Waals surface area contributed by atoms with E-state index in [1.165, 1.54) is 5.54 Å². The van der Waals surface area contributed by atoms with Crippen molar-refractivity contribution in [2.75, 3.05) is 20.3 Å². The van der Waals surface area contributed by atoms with Gasteiger partial charge >= 0.3 is 0 Å². The molecular formula is C15H21Cl2NO2. The molecule has 1 aromatic carbocycles. The first-order valence-corrected chi connectivity index (χ1v) is 7.34. The Labute approximate surface area is 130 Å². The Kier molecular flexibility index (Phi) is 7.82. The van der Waals surface area contributed by atoms with Crippen LogP contribution in [0.25, 0.3) is 0 Å². The van der Waals surface area contributed by atoms with Crippen molar-refractivity contribution >= 4 is 23.2 Å². The molecular weight excluding hydrogens is 297 g/mol. The molecule has 0 aromatic heterocycles. The molecule has 0 saturated carbocycles. The first-order valence-electron chi connectivity index (χ1n) is 6.52. The minimum absolute atomic E-state index is 0.225. The lowest BCUT2D eigenvalue weighted by Gasteiger charge is -2.15. The maximum atomic E-state index is 5.86. The van der Waals surface area contributed by atoms with Gasteiger partial charge in [0.2, 0.25) is 0 Å². The lowest BCUT2D eigenvalue weighted by molar-refractivity contribution is 0.319. The zero-order chi connectivity index (χ0) is 15.0. The molecule has 1 aromatic rings. The normalized spacial score (nSPS) is 11.8. The topological polar surface area (TPSA) is 30.5 Å². The average Bonchev–Trinajstić information content (AvgIpc) is 2.44. The Balaban J connectivity index is 2.81. The van der Waals surface area contributed by atoms with E-state index in [-0.39, 0.29) is 6.61 Å². The molecule has 5 heteroatoms. The molecule has 0 unspecified atom stereocenters. The van der Waals surface area contributed by atoms with Crippen LogP contribution in [0.3, 0.4) is 0 Å². The second-order valence-electron chi connectivity index (χ2n) is 4.82. The van der Waals surface area contributed by atoms with Crippen LogP contribution in [0.2, 0.25) is 0 Å². The second kappa shape index (κ2) is 9.11. The van der Waals surface area contributed by atoms with E-state index < -0.39 is 0 Å². The summed E-state index contributed by atoms with van der Waals surface area (Å²) in [6, 6.07) is 5.81. The standard InChI is InChI=1S/C15H21Cl2NO2/c1-11(2)8-18-9-12-5-4-6-14(19-3)15(12)20-10-13(17)7-16/h4-7,11,18H,8-10H2,1-3H3. The summed E-state index contributed by atoms with van der Waals surface area (Å²) in [5, 5.41) is 3.83. The van der Waals surface area contributed by atoms with E-state index >= 15 is 0 Å². The first-order chi connectivity index (χ1) is 9.58. The van der Waals surface area contributed by atoms with E-state index in [0.717, 1.165) is 12.1 Å². The number of methoxy groups -OCH3 is 1. The molecule has 0 amide bonds. The highest BCUT2D eigenvalue weighted by Crippen LogP contribution is 2.31. The van der Waals surface area contributed by atoms with Gasteiger partial charge in [0.15, 0.2) is 11.5 Å².